The third-order valence-corrected chi connectivity index (χ3v) is 9.06. The summed E-state index contributed by atoms with van der Waals surface area (Å²) in [6.07, 6.45) is 9.32. The van der Waals surface area contributed by atoms with Crippen LogP contribution in [0.15, 0.2) is 58.4 Å². The topological polar surface area (TPSA) is 131 Å². The molecule has 2 heterocycles. The van der Waals surface area contributed by atoms with E-state index in [1.165, 1.54) is 40.1 Å². The highest BCUT2D eigenvalue weighted by Crippen LogP contribution is 2.31. The van der Waals surface area contributed by atoms with Crippen LogP contribution in [0, 0.1) is 11.8 Å². The summed E-state index contributed by atoms with van der Waals surface area (Å²) >= 11 is 0. The number of nitrogens with zero attached hydrogens (tertiary/aromatic N) is 1. The van der Waals surface area contributed by atoms with Crippen LogP contribution < -0.4 is 5.32 Å². The molecule has 1 amide bonds. The highest BCUT2D eigenvalue weighted by Gasteiger charge is 2.33. The molecule has 10 heteroatoms. The van der Waals surface area contributed by atoms with E-state index in [1.54, 1.807) is 25.2 Å². The monoisotopic (exact) mass is 640 g/mol. The predicted octanol–water partition coefficient (Wildman–Crippen LogP) is 4.15. The number of hydrogen-bond donors (Lipinski definition) is 2. The van der Waals surface area contributed by atoms with Crippen LogP contribution in [0.2, 0.25) is 0 Å². The molecule has 6 atom stereocenters. The molecule has 0 saturated carbocycles. The largest absolute Gasteiger partial charge is 0.455 e. The number of likely N-dealkylation sites (tertiary alicyclic amines) is 1. The summed E-state index contributed by atoms with van der Waals surface area (Å²) in [6.45, 7) is 11.5. The molecule has 46 heavy (non-hydrogen) atoms. The normalized spacial score (nSPS) is 32.3. The maximum absolute atomic E-state index is 13.9. The molecule has 254 valence electrons. The van der Waals surface area contributed by atoms with E-state index in [0.29, 0.717) is 41.6 Å². The van der Waals surface area contributed by atoms with Gasteiger partial charge >= 0.3 is 5.97 Å². The number of esters is 1. The molecule has 2 aliphatic heterocycles. The van der Waals surface area contributed by atoms with Crippen molar-refractivity contribution >= 4 is 23.4 Å². The Balaban J connectivity index is 2.01. The fourth-order valence-electron chi connectivity index (χ4n) is 6.46. The number of rotatable bonds is 7. The predicted molar refractivity (Wildman–Crippen MR) is 176 cm³/mol. The molecule has 2 N–H and O–H groups in total. The molecule has 0 spiro atoms. The van der Waals surface area contributed by atoms with Gasteiger partial charge < -0.3 is 29.5 Å². The lowest BCUT2D eigenvalue weighted by molar-refractivity contribution is -0.149. The van der Waals surface area contributed by atoms with E-state index in [9.17, 15) is 24.3 Å². The van der Waals surface area contributed by atoms with Gasteiger partial charge in [0.05, 0.1) is 17.9 Å². The molecule has 1 aliphatic carbocycles. The molecule has 3 aliphatic rings. The number of allylic oxidation sites excluding steroid dienone is 5. The lowest BCUT2D eigenvalue weighted by Gasteiger charge is -2.30. The first kappa shape index (κ1) is 37.3. The van der Waals surface area contributed by atoms with Gasteiger partial charge in [0.2, 0.25) is 5.78 Å². The minimum absolute atomic E-state index is 0.0448. The van der Waals surface area contributed by atoms with E-state index < -0.39 is 36.3 Å². The van der Waals surface area contributed by atoms with Crippen molar-refractivity contribution in [1.82, 2.24) is 10.2 Å². The van der Waals surface area contributed by atoms with Gasteiger partial charge in [-0.1, -0.05) is 38.2 Å². The molecule has 0 aromatic heterocycles. The van der Waals surface area contributed by atoms with Gasteiger partial charge in [0.15, 0.2) is 11.9 Å². The third-order valence-electron chi connectivity index (χ3n) is 9.06. The zero-order valence-corrected chi connectivity index (χ0v) is 28.5. The molecule has 0 radical (unpaired) electrons. The zero-order chi connectivity index (χ0) is 34.0. The maximum atomic E-state index is 13.9. The number of methoxy groups -OCH3 is 2. The van der Waals surface area contributed by atoms with Crippen molar-refractivity contribution in [2.45, 2.75) is 97.6 Å². The van der Waals surface area contributed by atoms with Crippen LogP contribution in [0.4, 0.5) is 0 Å². The lowest BCUT2D eigenvalue weighted by atomic mass is 9.82. The van der Waals surface area contributed by atoms with Gasteiger partial charge in [-0.2, -0.15) is 0 Å². The standard InChI is InChI=1S/C36H52N2O8/c1-22-18-28-27(13-11-17-38-15-8-9-16-38)30(40)21-29(34(28)42)37-36(43)23(2)12-10-14-31(44-6)35(46-26(5)39)25(4)20-24(3)33(41)32(19-22)45-7/h10,12,14,20-22,24,31-33,35,41H,8-9,11,13,15-19H2,1-7H3,(H,37,43)/b14-10-,23-12+,25-20+/t22-,24+,31+,32+,33-,35+/m1/s1. The highest BCUT2D eigenvalue weighted by atomic mass is 16.6. The Kier molecular flexibility index (Phi) is 14.3. The zero-order valence-electron chi connectivity index (χ0n) is 28.5. The fourth-order valence-corrected chi connectivity index (χ4v) is 6.46. The number of amides is 1. The van der Waals surface area contributed by atoms with Crippen LogP contribution >= 0.6 is 0 Å². The summed E-state index contributed by atoms with van der Waals surface area (Å²) in [5.74, 6) is -2.14. The summed E-state index contributed by atoms with van der Waals surface area (Å²) in [7, 11) is 3.03. The number of ether oxygens (including phenoxy) is 3. The first-order chi connectivity index (χ1) is 21.9. The summed E-state index contributed by atoms with van der Waals surface area (Å²) < 4.78 is 17.0. The SMILES string of the molecule is CO[C@H]1/C=C\C=C(/C)C(=O)NC2=CC(=O)C(CCCN3CCCC3)=C(C[C@@H](C)C[C@H](OC)[C@H](O)[C@@H](C)/C=C(\C)[C@@H]1OC(C)=O)C2=O. The molecule has 1 saturated heterocycles. The van der Waals surface area contributed by atoms with E-state index in [0.717, 1.165) is 26.1 Å². The van der Waals surface area contributed by atoms with Crippen molar-refractivity contribution in [3.8, 4) is 0 Å². The van der Waals surface area contributed by atoms with Gasteiger partial charge in [0.1, 0.15) is 6.10 Å². The number of Topliss-reactive ketones (excluding diaryl/α,β-unsaturated/α-hetero) is 1. The van der Waals surface area contributed by atoms with E-state index >= 15 is 0 Å². The number of ketones is 2. The molecule has 3 rings (SSSR count). The van der Waals surface area contributed by atoms with Crippen molar-refractivity contribution in [3.63, 3.8) is 0 Å². The van der Waals surface area contributed by atoms with E-state index in [-0.39, 0.29) is 29.1 Å². The van der Waals surface area contributed by atoms with Gasteiger partial charge in [0, 0.05) is 49.9 Å². The third kappa shape index (κ3) is 10.2. The van der Waals surface area contributed by atoms with Crippen molar-refractivity contribution in [2.75, 3.05) is 33.9 Å². The Bertz CT molecular complexity index is 1290. The molecule has 0 aromatic carbocycles. The quantitative estimate of drug-likeness (QED) is 0.239. The maximum Gasteiger partial charge on any atom is 0.303 e. The summed E-state index contributed by atoms with van der Waals surface area (Å²) in [5.41, 5.74) is 1.86. The number of aliphatic hydroxyl groups is 1. The smallest absolute Gasteiger partial charge is 0.303 e. The first-order valence-corrected chi connectivity index (χ1v) is 16.4. The van der Waals surface area contributed by atoms with Gasteiger partial charge in [-0.15, -0.1) is 0 Å². The Morgan fingerprint density at radius 3 is 2.41 bits per heavy atom. The fraction of sp³-hybridized carbons (Fsp3) is 0.611. The Hall–Kier alpha value is -3.18. The number of aliphatic hydroxyl groups excluding tert-OH is 1. The minimum atomic E-state index is -0.906. The average Bonchev–Trinajstić information content (AvgIpc) is 3.53. The van der Waals surface area contributed by atoms with Gasteiger partial charge in [0.25, 0.3) is 5.91 Å². The van der Waals surface area contributed by atoms with Crippen LogP contribution in [-0.2, 0) is 33.4 Å². The molecular weight excluding hydrogens is 588 g/mol. The Labute approximate surface area is 273 Å². The Morgan fingerprint density at radius 2 is 1.78 bits per heavy atom. The second-order valence-electron chi connectivity index (χ2n) is 12.9. The summed E-state index contributed by atoms with van der Waals surface area (Å²) in [6, 6.07) is 0. The number of hydrogen-bond acceptors (Lipinski definition) is 9. The number of nitrogens with one attached hydrogen (secondary N) is 1. The molecule has 10 nitrogen and oxygen atoms in total. The van der Waals surface area contributed by atoms with Crippen LogP contribution in [0.3, 0.4) is 0 Å². The first-order valence-electron chi connectivity index (χ1n) is 16.4. The van der Waals surface area contributed by atoms with Crippen molar-refractivity contribution in [3.05, 3.63) is 58.4 Å². The highest BCUT2D eigenvalue weighted by molar-refractivity contribution is 6.23. The van der Waals surface area contributed by atoms with E-state index in [4.69, 9.17) is 14.2 Å². The molecule has 0 aromatic rings. The van der Waals surface area contributed by atoms with Gasteiger partial charge in [-0.05, 0) is 83.5 Å². The number of carbonyl (C=O) groups is 4. The van der Waals surface area contributed by atoms with Crippen molar-refractivity contribution < 1.29 is 38.5 Å². The van der Waals surface area contributed by atoms with Gasteiger partial charge in [-0.3, -0.25) is 19.2 Å². The number of carbonyl (C=O) groups excluding carboxylic acids is 4. The second kappa shape index (κ2) is 17.7. The van der Waals surface area contributed by atoms with Crippen LogP contribution in [0.5, 0.6) is 0 Å². The minimum Gasteiger partial charge on any atom is -0.455 e. The van der Waals surface area contributed by atoms with Crippen molar-refractivity contribution in [2.24, 2.45) is 11.8 Å². The summed E-state index contributed by atoms with van der Waals surface area (Å²) in [5, 5.41) is 14.0. The second-order valence-corrected chi connectivity index (χ2v) is 12.9. The van der Waals surface area contributed by atoms with E-state index in [2.05, 4.69) is 10.2 Å². The van der Waals surface area contributed by atoms with Gasteiger partial charge in [-0.25, -0.2) is 0 Å². The number of fused-ring (bicyclic) bond motifs is 2. The lowest BCUT2D eigenvalue weighted by Crippen LogP contribution is -2.36. The average molecular weight is 641 g/mol. The summed E-state index contributed by atoms with van der Waals surface area (Å²) in [4.78, 5) is 54.9. The Morgan fingerprint density at radius 1 is 1.09 bits per heavy atom. The van der Waals surface area contributed by atoms with Crippen molar-refractivity contribution in [1.29, 1.82) is 0 Å². The molecule has 1 fully saturated rings. The molecule has 2 bridgehead atoms. The van der Waals surface area contributed by atoms with Crippen LogP contribution in [-0.4, -0.2) is 91.7 Å². The molecule has 0 unspecified atom stereocenters. The van der Waals surface area contributed by atoms with E-state index in [1.807, 2.05) is 26.8 Å². The van der Waals surface area contributed by atoms with Crippen LogP contribution in [0.1, 0.15) is 73.1 Å². The van der Waals surface area contributed by atoms with Crippen LogP contribution in [0.25, 0.3) is 0 Å². The molecular formula is C36H52N2O8.